The zero-order valence-corrected chi connectivity index (χ0v) is 12.4. The molecule has 0 atom stereocenters. The Balaban J connectivity index is 1.92. The largest absolute Gasteiger partial charge is 0.489 e. The van der Waals surface area contributed by atoms with Crippen LogP contribution in [0.2, 0.25) is 0 Å². The average Bonchev–Trinajstić information content (AvgIpc) is 2.45. The van der Waals surface area contributed by atoms with Crippen molar-refractivity contribution in [2.24, 2.45) is 0 Å². The molecule has 0 unspecified atom stereocenters. The summed E-state index contributed by atoms with van der Waals surface area (Å²) >= 11 is 1.59. The van der Waals surface area contributed by atoms with Gasteiger partial charge in [0.05, 0.1) is 0 Å². The van der Waals surface area contributed by atoms with Crippen LogP contribution in [0.15, 0.2) is 53.4 Å². The van der Waals surface area contributed by atoms with Crippen LogP contribution in [0.3, 0.4) is 0 Å². The van der Waals surface area contributed by atoms with Crippen molar-refractivity contribution >= 4 is 11.9 Å². The first-order chi connectivity index (χ1) is 9.63. The Morgan fingerprint density at radius 1 is 1.15 bits per heavy atom. The van der Waals surface area contributed by atoms with Gasteiger partial charge in [-0.15, -0.1) is 0 Å². The Labute approximate surface area is 123 Å². The van der Waals surface area contributed by atoms with Gasteiger partial charge in [-0.2, -0.15) is 0 Å². The van der Waals surface area contributed by atoms with Crippen molar-refractivity contribution in [1.82, 2.24) is 4.72 Å². The van der Waals surface area contributed by atoms with Gasteiger partial charge in [0.1, 0.15) is 18.2 Å². The Bertz CT molecular complexity index is 542. The van der Waals surface area contributed by atoms with Crippen LogP contribution in [-0.4, -0.2) is 6.04 Å². The summed E-state index contributed by atoms with van der Waals surface area (Å²) in [6, 6.07) is 14.7. The molecule has 2 aromatic carbocycles. The van der Waals surface area contributed by atoms with E-state index in [1.165, 1.54) is 12.1 Å². The highest BCUT2D eigenvalue weighted by molar-refractivity contribution is 7.97. The van der Waals surface area contributed by atoms with E-state index < -0.39 is 0 Å². The Kier molecular flexibility index (Phi) is 5.44. The molecule has 0 aliphatic rings. The summed E-state index contributed by atoms with van der Waals surface area (Å²) in [5.41, 5.74) is 0.949. The molecular formula is C16H18FNOS. The van der Waals surface area contributed by atoms with Crippen molar-refractivity contribution in [2.45, 2.75) is 31.4 Å². The molecule has 2 rings (SSSR count). The van der Waals surface area contributed by atoms with Crippen LogP contribution < -0.4 is 9.46 Å². The molecule has 0 aliphatic carbocycles. The van der Waals surface area contributed by atoms with Crippen molar-refractivity contribution < 1.29 is 9.13 Å². The topological polar surface area (TPSA) is 21.3 Å². The zero-order valence-electron chi connectivity index (χ0n) is 11.6. The fourth-order valence-electron chi connectivity index (χ4n) is 1.56. The van der Waals surface area contributed by atoms with Gasteiger partial charge in [0, 0.05) is 10.9 Å². The van der Waals surface area contributed by atoms with Gasteiger partial charge >= 0.3 is 0 Å². The molecule has 0 radical (unpaired) electrons. The van der Waals surface area contributed by atoms with Crippen molar-refractivity contribution in [3.8, 4) is 5.75 Å². The maximum absolute atomic E-state index is 12.8. The molecule has 0 heterocycles. The molecule has 0 amide bonds. The lowest BCUT2D eigenvalue weighted by Crippen LogP contribution is -2.13. The third kappa shape index (κ3) is 4.87. The van der Waals surface area contributed by atoms with Crippen molar-refractivity contribution in [3.63, 3.8) is 0 Å². The predicted molar refractivity (Wildman–Crippen MR) is 81.3 cm³/mol. The first-order valence-electron chi connectivity index (χ1n) is 6.53. The second-order valence-electron chi connectivity index (χ2n) is 4.76. The van der Waals surface area contributed by atoms with Crippen LogP contribution in [-0.2, 0) is 6.61 Å². The van der Waals surface area contributed by atoms with Crippen LogP contribution in [0.5, 0.6) is 5.75 Å². The maximum atomic E-state index is 12.8. The third-order valence-corrected chi connectivity index (χ3v) is 3.62. The fraction of sp³-hybridized carbons (Fsp3) is 0.250. The van der Waals surface area contributed by atoms with Crippen LogP contribution >= 0.6 is 11.9 Å². The summed E-state index contributed by atoms with van der Waals surface area (Å²) in [7, 11) is 0. The van der Waals surface area contributed by atoms with Gasteiger partial charge in [-0.1, -0.05) is 18.2 Å². The van der Waals surface area contributed by atoms with Gasteiger partial charge in [-0.3, -0.25) is 4.72 Å². The maximum Gasteiger partial charge on any atom is 0.123 e. The van der Waals surface area contributed by atoms with E-state index in [-0.39, 0.29) is 5.82 Å². The van der Waals surface area contributed by atoms with E-state index in [4.69, 9.17) is 4.74 Å². The summed E-state index contributed by atoms with van der Waals surface area (Å²) in [5.74, 6) is 0.580. The Morgan fingerprint density at radius 3 is 2.60 bits per heavy atom. The van der Waals surface area contributed by atoms with Gasteiger partial charge in [-0.05, 0) is 61.7 Å². The Morgan fingerprint density at radius 2 is 1.90 bits per heavy atom. The molecule has 0 spiro atoms. The van der Waals surface area contributed by atoms with Crippen LogP contribution in [0, 0.1) is 5.82 Å². The summed E-state index contributed by atoms with van der Waals surface area (Å²) < 4.78 is 21.8. The highest BCUT2D eigenvalue weighted by atomic mass is 32.2. The van der Waals surface area contributed by atoms with E-state index in [9.17, 15) is 4.39 Å². The number of hydrogen-bond acceptors (Lipinski definition) is 3. The quantitative estimate of drug-likeness (QED) is 0.797. The van der Waals surface area contributed by atoms with Crippen LogP contribution in [0.4, 0.5) is 4.39 Å². The zero-order chi connectivity index (χ0) is 14.4. The first-order valence-corrected chi connectivity index (χ1v) is 7.35. The molecule has 1 N–H and O–H groups in total. The molecule has 0 aliphatic heterocycles. The molecule has 0 saturated carbocycles. The summed E-state index contributed by atoms with van der Waals surface area (Å²) in [5, 5.41) is 0. The second kappa shape index (κ2) is 7.31. The molecule has 0 saturated heterocycles. The third-order valence-electron chi connectivity index (χ3n) is 2.54. The predicted octanol–water partition coefficient (Wildman–Crippen LogP) is 4.41. The normalized spacial score (nSPS) is 10.8. The van der Waals surface area contributed by atoms with E-state index in [1.54, 1.807) is 24.1 Å². The summed E-state index contributed by atoms with van der Waals surface area (Å²) in [4.78, 5) is 1.11. The molecule has 4 heteroatoms. The summed E-state index contributed by atoms with van der Waals surface area (Å²) in [6.45, 7) is 4.63. The average molecular weight is 291 g/mol. The van der Waals surface area contributed by atoms with Gasteiger partial charge in [0.2, 0.25) is 0 Å². The smallest absolute Gasteiger partial charge is 0.123 e. The monoisotopic (exact) mass is 291 g/mol. The number of hydrogen-bond donors (Lipinski definition) is 1. The number of nitrogens with one attached hydrogen (secondary N) is 1. The highest BCUT2D eigenvalue weighted by Gasteiger charge is 2.00. The first kappa shape index (κ1) is 14.9. The minimum atomic E-state index is -0.230. The van der Waals surface area contributed by atoms with E-state index >= 15 is 0 Å². The Hall–Kier alpha value is -1.52. The molecule has 0 aromatic heterocycles. The molecule has 0 fully saturated rings. The van der Waals surface area contributed by atoms with E-state index in [2.05, 4.69) is 18.6 Å². The lowest BCUT2D eigenvalue weighted by Gasteiger charge is -2.10. The molecule has 2 aromatic rings. The molecule has 20 heavy (non-hydrogen) atoms. The molecule has 106 valence electrons. The fourth-order valence-corrected chi connectivity index (χ4v) is 2.25. The standard InChI is InChI=1S/C16H18FNOS/c1-12(2)18-20-16-5-3-4-15(10-16)19-11-13-6-8-14(17)9-7-13/h3-10,12,18H,11H2,1-2H3. The second-order valence-corrected chi connectivity index (χ2v) is 5.68. The lowest BCUT2D eigenvalue weighted by atomic mass is 10.2. The van der Waals surface area contributed by atoms with Gasteiger partial charge in [0.25, 0.3) is 0 Å². The van der Waals surface area contributed by atoms with Gasteiger partial charge < -0.3 is 4.74 Å². The SMILES string of the molecule is CC(C)NSc1cccc(OCc2ccc(F)cc2)c1. The number of rotatable bonds is 6. The van der Waals surface area contributed by atoms with E-state index in [0.29, 0.717) is 12.6 Å². The van der Waals surface area contributed by atoms with Gasteiger partial charge in [0.15, 0.2) is 0 Å². The number of halogens is 1. The minimum absolute atomic E-state index is 0.230. The molecule has 2 nitrogen and oxygen atoms in total. The van der Waals surface area contributed by atoms with Crippen LogP contribution in [0.25, 0.3) is 0 Å². The summed E-state index contributed by atoms with van der Waals surface area (Å²) in [6.07, 6.45) is 0. The van der Waals surface area contributed by atoms with E-state index in [1.807, 2.05) is 24.3 Å². The van der Waals surface area contributed by atoms with Crippen LogP contribution in [0.1, 0.15) is 19.4 Å². The number of ether oxygens (including phenoxy) is 1. The minimum Gasteiger partial charge on any atom is -0.489 e. The van der Waals surface area contributed by atoms with Crippen molar-refractivity contribution in [2.75, 3.05) is 0 Å². The van der Waals surface area contributed by atoms with Gasteiger partial charge in [-0.25, -0.2) is 4.39 Å². The van der Waals surface area contributed by atoms with Crippen molar-refractivity contribution in [3.05, 3.63) is 59.9 Å². The lowest BCUT2D eigenvalue weighted by molar-refractivity contribution is 0.305. The number of benzene rings is 2. The highest BCUT2D eigenvalue weighted by Crippen LogP contribution is 2.22. The molecular weight excluding hydrogens is 273 g/mol. The van der Waals surface area contributed by atoms with Crippen molar-refractivity contribution in [1.29, 1.82) is 0 Å². The van der Waals surface area contributed by atoms with E-state index in [0.717, 1.165) is 16.2 Å². The molecule has 0 bridgehead atoms.